The molecule has 0 radical (unpaired) electrons. The van der Waals surface area contributed by atoms with E-state index >= 15 is 0 Å². The molecule has 0 atom stereocenters. The second-order valence-corrected chi connectivity index (χ2v) is 6.00. The third-order valence-corrected chi connectivity index (χ3v) is 4.45. The topological polar surface area (TPSA) is 120 Å². The van der Waals surface area contributed by atoms with Gasteiger partial charge in [-0.2, -0.15) is 0 Å². The molecule has 0 aliphatic rings. The molecule has 0 aliphatic carbocycles. The van der Waals surface area contributed by atoms with Crippen LogP contribution >= 0.6 is 11.6 Å². The lowest BCUT2D eigenvalue weighted by molar-refractivity contribution is 0.100. The van der Waals surface area contributed by atoms with Crippen LogP contribution in [0.3, 0.4) is 0 Å². The number of rotatable bonds is 2. The molecule has 0 bridgehead atoms. The van der Waals surface area contributed by atoms with Gasteiger partial charge in [-0.3, -0.25) is 9.36 Å². The molecule has 124 valence electrons. The summed E-state index contributed by atoms with van der Waals surface area (Å²) in [5.74, 6) is -0.0115. The zero-order chi connectivity index (χ0) is 17.8. The number of amides is 1. The highest BCUT2D eigenvalue weighted by atomic mass is 35.5. The lowest BCUT2D eigenvalue weighted by Crippen LogP contribution is -2.14. The van der Waals surface area contributed by atoms with Crippen LogP contribution in [0.2, 0.25) is 5.02 Å². The average molecular weight is 346 g/mol. The Kier molecular flexibility index (Phi) is 3.60. The number of hydrogen-bond donors (Lipinski definition) is 3. The van der Waals surface area contributed by atoms with Crippen molar-refractivity contribution < 1.29 is 9.90 Å². The number of aromatic nitrogens is 3. The van der Waals surface area contributed by atoms with Gasteiger partial charge in [-0.1, -0.05) is 11.6 Å². The highest BCUT2D eigenvalue weighted by molar-refractivity contribution is 6.31. The van der Waals surface area contributed by atoms with Gasteiger partial charge in [-0.25, -0.2) is 9.97 Å². The minimum absolute atomic E-state index is 0.0215. The van der Waals surface area contributed by atoms with Gasteiger partial charge in [0, 0.05) is 16.8 Å². The molecular weight excluding hydrogens is 330 g/mol. The number of nitrogens with two attached hydrogens (primary N) is 2. The SMILES string of the molecule is Cc1ncc2c(C(N)=O)c(N)n(-c3c(C)c(O)cc(Cl)c3C)c2n1. The predicted octanol–water partition coefficient (Wildman–Crippen LogP) is 2.39. The van der Waals surface area contributed by atoms with E-state index in [9.17, 15) is 9.90 Å². The van der Waals surface area contributed by atoms with E-state index in [4.69, 9.17) is 23.1 Å². The van der Waals surface area contributed by atoms with E-state index in [2.05, 4.69) is 9.97 Å². The molecule has 1 aromatic carbocycles. The summed E-state index contributed by atoms with van der Waals surface area (Å²) in [5, 5.41) is 11.0. The maximum absolute atomic E-state index is 11.9. The number of nitrogens with zero attached hydrogens (tertiary/aromatic N) is 3. The minimum Gasteiger partial charge on any atom is -0.508 e. The number of halogens is 1. The molecule has 0 aliphatic heterocycles. The Morgan fingerprint density at radius 3 is 2.58 bits per heavy atom. The second-order valence-electron chi connectivity index (χ2n) is 5.59. The van der Waals surface area contributed by atoms with Crippen molar-refractivity contribution in [3.63, 3.8) is 0 Å². The maximum atomic E-state index is 11.9. The lowest BCUT2D eigenvalue weighted by atomic mass is 10.1. The number of aryl methyl sites for hydroxylation is 1. The van der Waals surface area contributed by atoms with Crippen LogP contribution < -0.4 is 11.5 Å². The van der Waals surface area contributed by atoms with Crippen LogP contribution in [0, 0.1) is 20.8 Å². The Balaban J connectivity index is 2.55. The van der Waals surface area contributed by atoms with Crippen LogP contribution in [0.5, 0.6) is 5.75 Å². The molecule has 5 N–H and O–H groups in total. The van der Waals surface area contributed by atoms with E-state index in [0.717, 1.165) is 0 Å². The van der Waals surface area contributed by atoms with Crippen molar-refractivity contribution in [2.24, 2.45) is 5.73 Å². The maximum Gasteiger partial charge on any atom is 0.253 e. The quantitative estimate of drug-likeness (QED) is 0.658. The summed E-state index contributed by atoms with van der Waals surface area (Å²) in [6, 6.07) is 1.47. The first kappa shape index (κ1) is 16.1. The molecule has 0 saturated heterocycles. The van der Waals surface area contributed by atoms with Crippen molar-refractivity contribution >= 4 is 34.4 Å². The molecule has 24 heavy (non-hydrogen) atoms. The number of carbonyl (C=O) groups is 1. The Hall–Kier alpha value is -2.80. The number of fused-ring (bicyclic) bond motifs is 1. The molecule has 0 unspecified atom stereocenters. The van der Waals surface area contributed by atoms with Gasteiger partial charge >= 0.3 is 0 Å². The molecule has 0 spiro atoms. The number of aromatic hydroxyl groups is 1. The van der Waals surface area contributed by atoms with Crippen LogP contribution in [0.15, 0.2) is 12.3 Å². The molecular formula is C16H16ClN5O2. The first-order valence-electron chi connectivity index (χ1n) is 7.16. The molecule has 3 rings (SSSR count). The summed E-state index contributed by atoms with van der Waals surface area (Å²) in [7, 11) is 0. The zero-order valence-corrected chi connectivity index (χ0v) is 14.1. The number of anilines is 1. The van der Waals surface area contributed by atoms with Crippen LogP contribution in [-0.4, -0.2) is 25.5 Å². The summed E-state index contributed by atoms with van der Waals surface area (Å²) in [6.07, 6.45) is 1.51. The first-order chi connectivity index (χ1) is 11.2. The fourth-order valence-electron chi connectivity index (χ4n) is 2.84. The van der Waals surface area contributed by atoms with E-state index in [-0.39, 0.29) is 17.1 Å². The second kappa shape index (κ2) is 5.38. The molecule has 7 nitrogen and oxygen atoms in total. The van der Waals surface area contributed by atoms with Crippen molar-refractivity contribution in [3.8, 4) is 11.4 Å². The number of nitrogen functional groups attached to an aromatic ring is 1. The average Bonchev–Trinajstić information content (AvgIpc) is 2.78. The van der Waals surface area contributed by atoms with Crippen molar-refractivity contribution in [2.75, 3.05) is 5.73 Å². The van der Waals surface area contributed by atoms with E-state index in [0.29, 0.717) is 38.7 Å². The summed E-state index contributed by atoms with van der Waals surface area (Å²) in [6.45, 7) is 5.26. The Bertz CT molecular complexity index is 984. The van der Waals surface area contributed by atoms with Gasteiger partial charge in [0.05, 0.1) is 16.6 Å². The smallest absolute Gasteiger partial charge is 0.253 e. The number of phenolic OH excluding ortho intramolecular Hbond substituents is 1. The van der Waals surface area contributed by atoms with Crippen molar-refractivity contribution in [3.05, 3.63) is 39.8 Å². The zero-order valence-electron chi connectivity index (χ0n) is 13.4. The normalized spacial score (nSPS) is 11.2. The van der Waals surface area contributed by atoms with E-state index in [1.165, 1.54) is 12.3 Å². The molecule has 2 aromatic heterocycles. The van der Waals surface area contributed by atoms with Gasteiger partial charge < -0.3 is 16.6 Å². The van der Waals surface area contributed by atoms with Gasteiger partial charge in [-0.05, 0) is 32.4 Å². The van der Waals surface area contributed by atoms with Gasteiger partial charge in [0.15, 0.2) is 5.65 Å². The van der Waals surface area contributed by atoms with E-state index in [1.807, 2.05) is 0 Å². The molecule has 0 fully saturated rings. The third kappa shape index (κ3) is 2.16. The number of phenols is 1. The van der Waals surface area contributed by atoms with Gasteiger partial charge in [0.25, 0.3) is 5.91 Å². The molecule has 8 heteroatoms. The number of benzene rings is 1. The predicted molar refractivity (Wildman–Crippen MR) is 92.7 cm³/mol. The molecule has 3 aromatic rings. The fraction of sp³-hybridized carbons (Fsp3) is 0.188. The van der Waals surface area contributed by atoms with Crippen LogP contribution in [-0.2, 0) is 0 Å². The highest BCUT2D eigenvalue weighted by Crippen LogP contribution is 2.38. The molecule has 1 amide bonds. The standard InChI is InChI=1S/C16H16ClN5O2/c1-6-10(17)4-11(23)7(2)13(6)22-14(18)12(15(19)24)9-5-20-8(3)21-16(9)22/h4-5,23H,18H2,1-3H3,(H2,19,24). The number of carbonyl (C=O) groups excluding carboxylic acids is 1. The van der Waals surface area contributed by atoms with Crippen LogP contribution in [0.4, 0.5) is 5.82 Å². The number of hydrogen-bond acceptors (Lipinski definition) is 5. The Morgan fingerprint density at radius 2 is 1.96 bits per heavy atom. The first-order valence-corrected chi connectivity index (χ1v) is 7.54. The Morgan fingerprint density at radius 1 is 1.29 bits per heavy atom. The third-order valence-electron chi connectivity index (χ3n) is 4.05. The summed E-state index contributed by atoms with van der Waals surface area (Å²) in [5.41, 5.74) is 14.1. The number of primary amides is 1. The van der Waals surface area contributed by atoms with E-state index in [1.54, 1.807) is 25.3 Å². The molecule has 0 saturated carbocycles. The minimum atomic E-state index is -0.676. The van der Waals surface area contributed by atoms with Crippen molar-refractivity contribution in [2.45, 2.75) is 20.8 Å². The largest absolute Gasteiger partial charge is 0.508 e. The van der Waals surface area contributed by atoms with Crippen molar-refractivity contribution in [1.29, 1.82) is 0 Å². The monoisotopic (exact) mass is 345 g/mol. The van der Waals surface area contributed by atoms with Crippen LogP contribution in [0.25, 0.3) is 16.7 Å². The van der Waals surface area contributed by atoms with Gasteiger partial charge in [0.2, 0.25) is 0 Å². The van der Waals surface area contributed by atoms with Gasteiger partial charge in [-0.15, -0.1) is 0 Å². The highest BCUT2D eigenvalue weighted by Gasteiger charge is 2.24. The summed E-state index contributed by atoms with van der Waals surface area (Å²) < 4.78 is 1.58. The lowest BCUT2D eigenvalue weighted by Gasteiger charge is -2.16. The summed E-state index contributed by atoms with van der Waals surface area (Å²) >= 11 is 6.21. The van der Waals surface area contributed by atoms with Crippen molar-refractivity contribution in [1.82, 2.24) is 14.5 Å². The van der Waals surface area contributed by atoms with Crippen LogP contribution in [0.1, 0.15) is 27.3 Å². The Labute approximate surface area is 142 Å². The van der Waals surface area contributed by atoms with Gasteiger partial charge in [0.1, 0.15) is 17.4 Å². The molecule has 2 heterocycles. The fourth-order valence-corrected chi connectivity index (χ4v) is 3.03. The summed E-state index contributed by atoms with van der Waals surface area (Å²) in [4.78, 5) is 20.4. The van der Waals surface area contributed by atoms with E-state index < -0.39 is 5.91 Å².